The van der Waals surface area contributed by atoms with Crippen LogP contribution >= 0.6 is 22.9 Å². The fourth-order valence-electron chi connectivity index (χ4n) is 1.98. The predicted molar refractivity (Wildman–Crippen MR) is 88.2 cm³/mol. The minimum absolute atomic E-state index is 0.471. The standard InChI is InChI=1S/C15H14ClN3OS/c1-20-8-7-17-15-18-13(16)11-9-12(21-14(11)19-15)10-5-3-2-4-6-10/h2-6,9H,7-8H2,1H3,(H,17,18,19). The van der Waals surface area contributed by atoms with Crippen LogP contribution in [0.25, 0.3) is 20.7 Å². The van der Waals surface area contributed by atoms with Crippen molar-refractivity contribution < 1.29 is 4.74 Å². The smallest absolute Gasteiger partial charge is 0.225 e. The van der Waals surface area contributed by atoms with E-state index in [2.05, 4.69) is 27.4 Å². The maximum atomic E-state index is 6.26. The summed E-state index contributed by atoms with van der Waals surface area (Å²) in [5, 5.41) is 4.46. The number of thiophene rings is 1. The van der Waals surface area contributed by atoms with Gasteiger partial charge in [0.1, 0.15) is 9.98 Å². The first-order valence-electron chi connectivity index (χ1n) is 6.53. The van der Waals surface area contributed by atoms with Crippen LogP contribution in [0.3, 0.4) is 0 Å². The second-order valence-corrected chi connectivity index (χ2v) is 5.84. The molecule has 1 N–H and O–H groups in total. The molecule has 6 heteroatoms. The zero-order valence-electron chi connectivity index (χ0n) is 11.5. The van der Waals surface area contributed by atoms with Crippen LogP contribution in [-0.2, 0) is 4.74 Å². The molecule has 0 fully saturated rings. The molecule has 0 spiro atoms. The summed E-state index contributed by atoms with van der Waals surface area (Å²) in [6, 6.07) is 12.2. The largest absolute Gasteiger partial charge is 0.383 e. The Balaban J connectivity index is 1.95. The molecule has 2 heterocycles. The Kier molecular flexibility index (Phi) is 4.34. The first-order valence-corrected chi connectivity index (χ1v) is 7.72. The molecular formula is C15H14ClN3OS. The van der Waals surface area contributed by atoms with Gasteiger partial charge in [-0.1, -0.05) is 41.9 Å². The summed E-state index contributed by atoms with van der Waals surface area (Å²) < 4.78 is 4.99. The zero-order chi connectivity index (χ0) is 14.7. The average molecular weight is 320 g/mol. The summed E-state index contributed by atoms with van der Waals surface area (Å²) in [7, 11) is 1.66. The lowest BCUT2D eigenvalue weighted by atomic mass is 10.2. The van der Waals surface area contributed by atoms with Crippen LogP contribution < -0.4 is 5.32 Å². The summed E-state index contributed by atoms with van der Waals surface area (Å²) in [6.45, 7) is 1.24. The maximum Gasteiger partial charge on any atom is 0.225 e. The van der Waals surface area contributed by atoms with Gasteiger partial charge in [-0.15, -0.1) is 11.3 Å². The van der Waals surface area contributed by atoms with Crippen molar-refractivity contribution in [2.75, 3.05) is 25.6 Å². The SMILES string of the molecule is COCCNc1nc(Cl)c2cc(-c3ccccc3)sc2n1. The van der Waals surface area contributed by atoms with Crippen LogP contribution in [0.4, 0.5) is 5.95 Å². The van der Waals surface area contributed by atoms with Crippen LogP contribution in [0.1, 0.15) is 0 Å². The molecule has 4 nitrogen and oxygen atoms in total. The third-order valence-electron chi connectivity index (χ3n) is 2.99. The highest BCUT2D eigenvalue weighted by Crippen LogP contribution is 2.35. The Hall–Kier alpha value is -1.69. The molecule has 3 rings (SSSR count). The van der Waals surface area contributed by atoms with E-state index in [-0.39, 0.29) is 0 Å². The lowest BCUT2D eigenvalue weighted by molar-refractivity contribution is 0.210. The molecule has 0 amide bonds. The molecule has 0 bridgehead atoms. The van der Waals surface area contributed by atoms with Gasteiger partial charge in [0, 0.05) is 23.9 Å². The Labute approximate surface area is 131 Å². The fraction of sp³-hybridized carbons (Fsp3) is 0.200. The molecule has 3 aromatic rings. The lowest BCUT2D eigenvalue weighted by Gasteiger charge is -2.04. The van der Waals surface area contributed by atoms with Gasteiger partial charge in [-0.05, 0) is 11.6 Å². The fourth-order valence-corrected chi connectivity index (χ4v) is 3.29. The second kappa shape index (κ2) is 6.39. The van der Waals surface area contributed by atoms with Crippen molar-refractivity contribution in [3.63, 3.8) is 0 Å². The third kappa shape index (κ3) is 3.15. The Morgan fingerprint density at radius 1 is 1.24 bits per heavy atom. The molecule has 0 aliphatic rings. The minimum atomic E-state index is 0.471. The van der Waals surface area contributed by atoms with Crippen LogP contribution in [0.2, 0.25) is 5.15 Å². The van der Waals surface area contributed by atoms with Crippen LogP contribution in [0.5, 0.6) is 0 Å². The number of anilines is 1. The van der Waals surface area contributed by atoms with Crippen molar-refractivity contribution in [1.82, 2.24) is 9.97 Å². The summed E-state index contributed by atoms with van der Waals surface area (Å²) in [5.41, 5.74) is 1.16. The van der Waals surface area contributed by atoms with Gasteiger partial charge in [-0.3, -0.25) is 0 Å². The highest BCUT2D eigenvalue weighted by atomic mass is 35.5. The Morgan fingerprint density at radius 2 is 2.05 bits per heavy atom. The van der Waals surface area contributed by atoms with Crippen LogP contribution in [0.15, 0.2) is 36.4 Å². The van der Waals surface area contributed by atoms with Gasteiger partial charge >= 0.3 is 0 Å². The van der Waals surface area contributed by atoms with E-state index in [1.165, 1.54) is 0 Å². The van der Waals surface area contributed by atoms with E-state index in [1.54, 1.807) is 18.4 Å². The van der Waals surface area contributed by atoms with Gasteiger partial charge < -0.3 is 10.1 Å². The molecule has 0 aliphatic carbocycles. The molecule has 108 valence electrons. The van der Waals surface area contributed by atoms with Crippen molar-refractivity contribution >= 4 is 39.1 Å². The number of nitrogens with zero attached hydrogens (tertiary/aromatic N) is 2. The highest BCUT2D eigenvalue weighted by Gasteiger charge is 2.11. The number of nitrogens with one attached hydrogen (secondary N) is 1. The Bertz CT molecular complexity index is 745. The molecule has 21 heavy (non-hydrogen) atoms. The average Bonchev–Trinajstić information content (AvgIpc) is 2.93. The van der Waals surface area contributed by atoms with E-state index in [9.17, 15) is 0 Å². The predicted octanol–water partition coefficient (Wildman–Crippen LogP) is 4.07. The molecule has 0 radical (unpaired) electrons. The summed E-state index contributed by atoms with van der Waals surface area (Å²) >= 11 is 7.87. The molecule has 2 aromatic heterocycles. The molecule has 0 saturated heterocycles. The molecule has 0 saturated carbocycles. The molecule has 1 aromatic carbocycles. The van der Waals surface area contributed by atoms with E-state index in [0.29, 0.717) is 24.3 Å². The second-order valence-electron chi connectivity index (χ2n) is 4.45. The summed E-state index contributed by atoms with van der Waals surface area (Å²) in [4.78, 5) is 10.8. The summed E-state index contributed by atoms with van der Waals surface area (Å²) in [5.74, 6) is 0.533. The topological polar surface area (TPSA) is 47.0 Å². The van der Waals surface area contributed by atoms with Crippen molar-refractivity contribution in [1.29, 1.82) is 0 Å². The first kappa shape index (κ1) is 14.3. The number of aromatic nitrogens is 2. The monoisotopic (exact) mass is 319 g/mol. The maximum absolute atomic E-state index is 6.26. The van der Waals surface area contributed by atoms with Gasteiger partial charge in [0.05, 0.1) is 6.61 Å². The van der Waals surface area contributed by atoms with Crippen molar-refractivity contribution in [3.05, 3.63) is 41.6 Å². The van der Waals surface area contributed by atoms with Gasteiger partial charge in [-0.25, -0.2) is 9.97 Å². The number of fused-ring (bicyclic) bond motifs is 1. The molecule has 0 atom stereocenters. The number of hydrogen-bond acceptors (Lipinski definition) is 5. The lowest BCUT2D eigenvalue weighted by Crippen LogP contribution is -2.10. The number of halogens is 1. The quantitative estimate of drug-likeness (QED) is 0.569. The zero-order valence-corrected chi connectivity index (χ0v) is 13.0. The van der Waals surface area contributed by atoms with E-state index < -0.39 is 0 Å². The van der Waals surface area contributed by atoms with E-state index >= 15 is 0 Å². The van der Waals surface area contributed by atoms with Crippen LogP contribution in [-0.4, -0.2) is 30.2 Å². The van der Waals surface area contributed by atoms with Crippen molar-refractivity contribution in [3.8, 4) is 10.4 Å². The van der Waals surface area contributed by atoms with Gasteiger partial charge in [0.2, 0.25) is 5.95 Å². The number of benzene rings is 1. The van der Waals surface area contributed by atoms with E-state index in [1.807, 2.05) is 24.3 Å². The Morgan fingerprint density at radius 3 is 2.81 bits per heavy atom. The van der Waals surface area contributed by atoms with E-state index in [4.69, 9.17) is 16.3 Å². The van der Waals surface area contributed by atoms with Crippen molar-refractivity contribution in [2.45, 2.75) is 0 Å². The molecule has 0 aliphatic heterocycles. The summed E-state index contributed by atoms with van der Waals surface area (Å²) in [6.07, 6.45) is 0. The van der Waals surface area contributed by atoms with Crippen molar-refractivity contribution in [2.24, 2.45) is 0 Å². The number of ether oxygens (including phenoxy) is 1. The highest BCUT2D eigenvalue weighted by molar-refractivity contribution is 7.22. The molecular weight excluding hydrogens is 306 g/mol. The van der Waals surface area contributed by atoms with Crippen LogP contribution in [0, 0.1) is 0 Å². The number of rotatable bonds is 5. The number of methoxy groups -OCH3 is 1. The third-order valence-corrected chi connectivity index (χ3v) is 4.36. The molecule has 0 unspecified atom stereocenters. The number of hydrogen-bond donors (Lipinski definition) is 1. The van der Waals surface area contributed by atoms with Gasteiger partial charge in [0.25, 0.3) is 0 Å². The minimum Gasteiger partial charge on any atom is -0.383 e. The van der Waals surface area contributed by atoms with E-state index in [0.717, 1.165) is 20.7 Å². The van der Waals surface area contributed by atoms with Gasteiger partial charge in [0.15, 0.2) is 0 Å². The van der Waals surface area contributed by atoms with Gasteiger partial charge in [-0.2, -0.15) is 0 Å². The normalized spacial score (nSPS) is 11.0. The first-order chi connectivity index (χ1) is 10.3.